The molecular formula is C13H17ClN4O2. The van der Waals surface area contributed by atoms with E-state index in [2.05, 4.69) is 5.32 Å². The number of hydrogen-bond donors (Lipinski definition) is 3. The number of primary amides is 1. The number of likely N-dealkylation sites (tertiary alicyclic amines) is 1. The molecule has 5 N–H and O–H groups in total. The van der Waals surface area contributed by atoms with Crippen molar-refractivity contribution in [3.05, 3.63) is 22.7 Å². The number of halogens is 1. The molecule has 6 nitrogen and oxygen atoms in total. The summed E-state index contributed by atoms with van der Waals surface area (Å²) in [5, 5.41) is 3.16. The van der Waals surface area contributed by atoms with Gasteiger partial charge >= 0.3 is 0 Å². The number of nitrogens with one attached hydrogen (secondary N) is 1. The van der Waals surface area contributed by atoms with Crippen LogP contribution in [0.5, 0.6) is 0 Å². The smallest absolute Gasteiger partial charge is 0.250 e. The standard InChI is InChI=1S/C13H17ClN4O2/c14-10-6-8(15)5-9(13(16)20)12(10)17-7-11(19)18-3-1-2-4-18/h5-6,17H,1-4,7,15H2,(H2,16,20). The lowest BCUT2D eigenvalue weighted by molar-refractivity contribution is -0.128. The van der Waals surface area contributed by atoms with Crippen molar-refractivity contribution in [1.29, 1.82) is 0 Å². The molecule has 1 aliphatic rings. The third kappa shape index (κ3) is 3.14. The van der Waals surface area contributed by atoms with Gasteiger partial charge in [-0.3, -0.25) is 9.59 Å². The molecule has 1 heterocycles. The summed E-state index contributed by atoms with van der Waals surface area (Å²) in [5.41, 5.74) is 11.8. The van der Waals surface area contributed by atoms with E-state index < -0.39 is 5.91 Å². The van der Waals surface area contributed by atoms with E-state index in [9.17, 15) is 9.59 Å². The van der Waals surface area contributed by atoms with Gasteiger partial charge in [0.25, 0.3) is 5.91 Å². The predicted molar refractivity (Wildman–Crippen MR) is 78.7 cm³/mol. The summed E-state index contributed by atoms with van der Waals surface area (Å²) in [6.45, 7) is 1.63. The number of amides is 2. The van der Waals surface area contributed by atoms with Crippen molar-refractivity contribution in [3.63, 3.8) is 0 Å². The van der Waals surface area contributed by atoms with Crippen LogP contribution < -0.4 is 16.8 Å². The molecule has 0 spiro atoms. The highest BCUT2D eigenvalue weighted by molar-refractivity contribution is 6.34. The van der Waals surface area contributed by atoms with E-state index in [4.69, 9.17) is 23.1 Å². The van der Waals surface area contributed by atoms with Gasteiger partial charge in [-0.2, -0.15) is 0 Å². The second kappa shape index (κ2) is 6.00. The average Bonchev–Trinajstić information content (AvgIpc) is 2.90. The van der Waals surface area contributed by atoms with E-state index in [1.807, 2.05) is 0 Å². The van der Waals surface area contributed by atoms with Gasteiger partial charge in [-0.15, -0.1) is 0 Å². The molecule has 0 aromatic heterocycles. The summed E-state index contributed by atoms with van der Waals surface area (Å²) in [5.74, 6) is -0.666. The van der Waals surface area contributed by atoms with Crippen LogP contribution in [0.1, 0.15) is 23.2 Å². The van der Waals surface area contributed by atoms with Crippen LogP contribution in [0.4, 0.5) is 11.4 Å². The third-order valence-corrected chi connectivity index (χ3v) is 3.55. The maximum atomic E-state index is 12.0. The fourth-order valence-electron chi connectivity index (χ4n) is 2.24. The summed E-state index contributed by atoms with van der Waals surface area (Å²) >= 11 is 6.05. The summed E-state index contributed by atoms with van der Waals surface area (Å²) in [7, 11) is 0. The van der Waals surface area contributed by atoms with Gasteiger partial charge in [0.15, 0.2) is 0 Å². The molecular weight excluding hydrogens is 280 g/mol. The van der Waals surface area contributed by atoms with Crippen molar-refractivity contribution in [3.8, 4) is 0 Å². The molecule has 0 unspecified atom stereocenters. The van der Waals surface area contributed by atoms with Gasteiger partial charge in [0, 0.05) is 18.8 Å². The molecule has 0 bridgehead atoms. The first-order valence-electron chi connectivity index (χ1n) is 6.39. The Bertz CT molecular complexity index is 541. The molecule has 1 aromatic rings. The quantitative estimate of drug-likeness (QED) is 0.723. The van der Waals surface area contributed by atoms with Crippen molar-refractivity contribution in [2.45, 2.75) is 12.8 Å². The van der Waals surface area contributed by atoms with E-state index in [1.54, 1.807) is 4.90 Å². The largest absolute Gasteiger partial charge is 0.399 e. The maximum absolute atomic E-state index is 12.0. The monoisotopic (exact) mass is 296 g/mol. The third-order valence-electron chi connectivity index (χ3n) is 3.25. The van der Waals surface area contributed by atoms with E-state index in [0.717, 1.165) is 25.9 Å². The van der Waals surface area contributed by atoms with E-state index in [0.29, 0.717) is 11.4 Å². The van der Waals surface area contributed by atoms with Crippen molar-refractivity contribution in [2.24, 2.45) is 5.73 Å². The van der Waals surface area contributed by atoms with Crippen molar-refractivity contribution in [1.82, 2.24) is 4.90 Å². The first-order valence-corrected chi connectivity index (χ1v) is 6.77. The fourth-order valence-corrected chi connectivity index (χ4v) is 2.54. The summed E-state index contributed by atoms with van der Waals surface area (Å²) < 4.78 is 0. The van der Waals surface area contributed by atoms with Crippen LogP contribution in [-0.4, -0.2) is 36.3 Å². The number of rotatable bonds is 4. The zero-order chi connectivity index (χ0) is 14.7. The zero-order valence-electron chi connectivity index (χ0n) is 11.0. The Hall–Kier alpha value is -1.95. The Kier molecular flexibility index (Phi) is 4.34. The van der Waals surface area contributed by atoms with Gasteiger partial charge in [-0.1, -0.05) is 11.6 Å². The van der Waals surface area contributed by atoms with Crippen LogP contribution in [0, 0.1) is 0 Å². The number of carbonyl (C=O) groups excluding carboxylic acids is 2. The lowest BCUT2D eigenvalue weighted by atomic mass is 10.1. The molecule has 2 amide bonds. The fraction of sp³-hybridized carbons (Fsp3) is 0.385. The average molecular weight is 297 g/mol. The van der Waals surface area contributed by atoms with Crippen molar-refractivity contribution in [2.75, 3.05) is 30.7 Å². The SMILES string of the molecule is NC(=O)c1cc(N)cc(Cl)c1NCC(=O)N1CCCC1. The highest BCUT2D eigenvalue weighted by Crippen LogP contribution is 2.29. The number of anilines is 2. The summed E-state index contributed by atoms with van der Waals surface area (Å²) in [4.78, 5) is 25.1. The minimum absolute atomic E-state index is 0.0224. The molecule has 0 saturated carbocycles. The Morgan fingerprint density at radius 3 is 2.55 bits per heavy atom. The van der Waals surface area contributed by atoms with E-state index in [1.165, 1.54) is 12.1 Å². The van der Waals surface area contributed by atoms with Crippen LogP contribution in [0.2, 0.25) is 5.02 Å². The highest BCUT2D eigenvalue weighted by atomic mass is 35.5. The minimum Gasteiger partial charge on any atom is -0.399 e. The molecule has 108 valence electrons. The molecule has 1 aliphatic heterocycles. The van der Waals surface area contributed by atoms with Gasteiger partial charge in [-0.25, -0.2) is 0 Å². The molecule has 1 saturated heterocycles. The number of nitrogens with zero attached hydrogens (tertiary/aromatic N) is 1. The number of nitrogen functional groups attached to an aromatic ring is 1. The predicted octanol–water partition coefficient (Wildman–Crippen LogP) is 1.06. The van der Waals surface area contributed by atoms with Crippen molar-refractivity contribution >= 4 is 34.8 Å². The first-order chi connectivity index (χ1) is 9.49. The Balaban J connectivity index is 2.12. The Morgan fingerprint density at radius 2 is 1.95 bits per heavy atom. The van der Waals surface area contributed by atoms with Gasteiger partial charge in [-0.05, 0) is 25.0 Å². The number of hydrogen-bond acceptors (Lipinski definition) is 4. The second-order valence-electron chi connectivity index (χ2n) is 4.73. The van der Waals surface area contributed by atoms with E-state index >= 15 is 0 Å². The van der Waals surface area contributed by atoms with Crippen LogP contribution in [0.3, 0.4) is 0 Å². The van der Waals surface area contributed by atoms with Crippen LogP contribution in [-0.2, 0) is 4.79 Å². The van der Waals surface area contributed by atoms with Crippen LogP contribution in [0.15, 0.2) is 12.1 Å². The first kappa shape index (κ1) is 14.5. The summed E-state index contributed by atoms with van der Waals surface area (Å²) in [6, 6.07) is 2.95. The summed E-state index contributed by atoms with van der Waals surface area (Å²) in [6.07, 6.45) is 2.06. The molecule has 0 radical (unpaired) electrons. The number of nitrogens with two attached hydrogens (primary N) is 2. The minimum atomic E-state index is -0.643. The Morgan fingerprint density at radius 1 is 1.30 bits per heavy atom. The zero-order valence-corrected chi connectivity index (χ0v) is 11.7. The maximum Gasteiger partial charge on any atom is 0.250 e. The molecule has 1 aromatic carbocycles. The van der Waals surface area contributed by atoms with Gasteiger partial charge in [0.05, 0.1) is 22.8 Å². The normalized spacial score (nSPS) is 14.3. The number of benzene rings is 1. The van der Waals surface area contributed by atoms with Gasteiger partial charge < -0.3 is 21.7 Å². The molecule has 1 fully saturated rings. The second-order valence-corrected chi connectivity index (χ2v) is 5.14. The Labute approximate surface area is 122 Å². The molecule has 2 rings (SSSR count). The van der Waals surface area contributed by atoms with Crippen molar-refractivity contribution < 1.29 is 9.59 Å². The highest BCUT2D eigenvalue weighted by Gasteiger charge is 2.19. The molecule has 0 aliphatic carbocycles. The van der Waals surface area contributed by atoms with Crippen LogP contribution in [0.25, 0.3) is 0 Å². The topological polar surface area (TPSA) is 101 Å². The lowest BCUT2D eigenvalue weighted by Crippen LogP contribution is -2.33. The lowest BCUT2D eigenvalue weighted by Gasteiger charge is -2.17. The molecule has 7 heteroatoms. The van der Waals surface area contributed by atoms with E-state index in [-0.39, 0.29) is 23.0 Å². The molecule has 0 atom stereocenters. The van der Waals surface area contributed by atoms with Gasteiger partial charge in [0.2, 0.25) is 5.91 Å². The van der Waals surface area contributed by atoms with Crippen LogP contribution >= 0.6 is 11.6 Å². The van der Waals surface area contributed by atoms with Gasteiger partial charge in [0.1, 0.15) is 0 Å². The molecule has 20 heavy (non-hydrogen) atoms. The number of carbonyl (C=O) groups is 2.